The summed E-state index contributed by atoms with van der Waals surface area (Å²) in [6.45, 7) is 0.0544. The fourth-order valence-electron chi connectivity index (χ4n) is 2.03. The van der Waals surface area contributed by atoms with E-state index in [-0.39, 0.29) is 23.1 Å². The standard InChI is InChI=1S/C16H11ClN2O4/c17-12-6-7-15(14(8-12)19(20)21)22-10-13-9-16(23-18-13)11-4-2-1-3-5-11/h1-9H,10H2. The van der Waals surface area contributed by atoms with Crippen molar-refractivity contribution in [2.45, 2.75) is 6.61 Å². The van der Waals surface area contributed by atoms with E-state index in [0.29, 0.717) is 11.5 Å². The zero-order chi connectivity index (χ0) is 16.2. The van der Waals surface area contributed by atoms with Crippen molar-refractivity contribution in [3.05, 3.63) is 75.4 Å². The number of benzene rings is 2. The van der Waals surface area contributed by atoms with E-state index >= 15 is 0 Å². The van der Waals surface area contributed by atoms with Crippen LogP contribution >= 0.6 is 11.6 Å². The topological polar surface area (TPSA) is 78.4 Å². The molecule has 2 aromatic carbocycles. The highest BCUT2D eigenvalue weighted by Gasteiger charge is 2.16. The summed E-state index contributed by atoms with van der Waals surface area (Å²) in [5.41, 5.74) is 1.24. The van der Waals surface area contributed by atoms with Gasteiger partial charge in [-0.1, -0.05) is 47.1 Å². The van der Waals surface area contributed by atoms with Crippen molar-refractivity contribution in [1.29, 1.82) is 0 Å². The fourth-order valence-corrected chi connectivity index (χ4v) is 2.19. The van der Waals surface area contributed by atoms with Gasteiger partial charge in [0.15, 0.2) is 11.5 Å². The Kier molecular flexibility index (Phi) is 4.25. The number of ether oxygens (including phenoxy) is 1. The van der Waals surface area contributed by atoms with Gasteiger partial charge in [0.2, 0.25) is 0 Å². The van der Waals surface area contributed by atoms with Crippen molar-refractivity contribution in [3.63, 3.8) is 0 Å². The molecule has 0 aliphatic heterocycles. The van der Waals surface area contributed by atoms with Gasteiger partial charge >= 0.3 is 5.69 Å². The van der Waals surface area contributed by atoms with E-state index in [9.17, 15) is 10.1 Å². The Hall–Kier alpha value is -2.86. The van der Waals surface area contributed by atoms with Gasteiger partial charge in [0, 0.05) is 22.7 Å². The lowest BCUT2D eigenvalue weighted by Gasteiger charge is -2.04. The second-order valence-electron chi connectivity index (χ2n) is 4.71. The molecule has 7 heteroatoms. The van der Waals surface area contributed by atoms with E-state index in [0.717, 1.165) is 5.56 Å². The van der Waals surface area contributed by atoms with Gasteiger partial charge in [-0.05, 0) is 12.1 Å². The van der Waals surface area contributed by atoms with Crippen LogP contribution in [0.25, 0.3) is 11.3 Å². The molecular formula is C16H11ClN2O4. The number of nitrogens with zero attached hydrogens (tertiary/aromatic N) is 2. The summed E-state index contributed by atoms with van der Waals surface area (Å²) < 4.78 is 10.7. The zero-order valence-electron chi connectivity index (χ0n) is 11.8. The maximum Gasteiger partial charge on any atom is 0.312 e. The molecule has 1 aromatic heterocycles. The van der Waals surface area contributed by atoms with Crippen molar-refractivity contribution in [2.24, 2.45) is 0 Å². The van der Waals surface area contributed by atoms with Gasteiger partial charge in [-0.15, -0.1) is 0 Å². The molecule has 0 atom stereocenters. The van der Waals surface area contributed by atoms with Crippen LogP contribution in [0.3, 0.4) is 0 Å². The van der Waals surface area contributed by atoms with Crippen LogP contribution in [-0.4, -0.2) is 10.1 Å². The van der Waals surface area contributed by atoms with Gasteiger partial charge in [0.1, 0.15) is 12.3 Å². The number of nitro benzene ring substituents is 1. The minimum Gasteiger partial charge on any atom is -0.480 e. The molecule has 0 unspecified atom stereocenters. The van der Waals surface area contributed by atoms with Gasteiger partial charge < -0.3 is 9.26 Å². The number of nitro groups is 1. The number of rotatable bonds is 5. The quantitative estimate of drug-likeness (QED) is 0.509. The molecule has 0 N–H and O–H groups in total. The van der Waals surface area contributed by atoms with Crippen LogP contribution in [-0.2, 0) is 6.61 Å². The second-order valence-corrected chi connectivity index (χ2v) is 5.14. The first-order valence-electron chi connectivity index (χ1n) is 6.71. The lowest BCUT2D eigenvalue weighted by molar-refractivity contribution is -0.385. The van der Waals surface area contributed by atoms with Crippen LogP contribution in [0.5, 0.6) is 5.75 Å². The predicted octanol–water partition coefficient (Wildman–Crippen LogP) is 4.48. The Balaban J connectivity index is 1.75. The number of aromatic nitrogens is 1. The molecule has 3 rings (SSSR count). The Labute approximate surface area is 136 Å². The highest BCUT2D eigenvalue weighted by Crippen LogP contribution is 2.30. The summed E-state index contributed by atoms with van der Waals surface area (Å²) in [5, 5.41) is 15.2. The normalized spacial score (nSPS) is 10.5. The van der Waals surface area contributed by atoms with Crippen LogP contribution in [0.15, 0.2) is 59.1 Å². The lowest BCUT2D eigenvalue weighted by Crippen LogP contribution is -1.99. The summed E-state index contributed by atoms with van der Waals surface area (Å²) in [6.07, 6.45) is 0. The van der Waals surface area contributed by atoms with Crippen LogP contribution in [0.1, 0.15) is 5.69 Å². The van der Waals surface area contributed by atoms with Crippen LogP contribution < -0.4 is 4.74 Å². The van der Waals surface area contributed by atoms with Crippen LogP contribution in [0.2, 0.25) is 5.02 Å². The molecule has 0 fully saturated rings. The first-order valence-corrected chi connectivity index (χ1v) is 7.09. The molecule has 0 spiro atoms. The van der Waals surface area contributed by atoms with Crippen molar-refractivity contribution < 1.29 is 14.2 Å². The minimum atomic E-state index is -0.542. The molecule has 6 nitrogen and oxygen atoms in total. The Morgan fingerprint density at radius 3 is 2.70 bits per heavy atom. The second kappa shape index (κ2) is 6.50. The number of halogens is 1. The summed E-state index contributed by atoms with van der Waals surface area (Å²) in [7, 11) is 0. The minimum absolute atomic E-state index is 0.0544. The van der Waals surface area contributed by atoms with E-state index in [1.54, 1.807) is 6.07 Å². The first-order chi connectivity index (χ1) is 11.1. The largest absolute Gasteiger partial charge is 0.480 e. The predicted molar refractivity (Wildman–Crippen MR) is 84.4 cm³/mol. The van der Waals surface area contributed by atoms with Crippen molar-refractivity contribution in [2.75, 3.05) is 0 Å². The van der Waals surface area contributed by atoms with E-state index in [2.05, 4.69) is 5.16 Å². The van der Waals surface area contributed by atoms with E-state index in [1.807, 2.05) is 30.3 Å². The summed E-state index contributed by atoms with van der Waals surface area (Å²) >= 11 is 5.76. The van der Waals surface area contributed by atoms with Crippen LogP contribution in [0, 0.1) is 10.1 Å². The van der Waals surface area contributed by atoms with Crippen molar-refractivity contribution >= 4 is 17.3 Å². The first kappa shape index (κ1) is 15.1. The molecule has 1 heterocycles. The molecule has 0 amide bonds. The monoisotopic (exact) mass is 330 g/mol. The Morgan fingerprint density at radius 2 is 1.96 bits per heavy atom. The average molecular weight is 331 g/mol. The van der Waals surface area contributed by atoms with Crippen molar-refractivity contribution in [1.82, 2.24) is 5.16 Å². The zero-order valence-corrected chi connectivity index (χ0v) is 12.6. The SMILES string of the molecule is O=[N+]([O-])c1cc(Cl)ccc1OCc1cc(-c2ccccc2)on1. The molecule has 116 valence electrons. The van der Waals surface area contributed by atoms with Gasteiger partial charge in [-0.2, -0.15) is 0 Å². The summed E-state index contributed by atoms with van der Waals surface area (Å²) in [6, 6.07) is 15.5. The third-order valence-corrected chi connectivity index (χ3v) is 3.35. The molecule has 0 saturated heterocycles. The molecule has 0 radical (unpaired) electrons. The van der Waals surface area contributed by atoms with Gasteiger partial charge in [0.25, 0.3) is 0 Å². The lowest BCUT2D eigenvalue weighted by atomic mass is 10.2. The van der Waals surface area contributed by atoms with Crippen LogP contribution in [0.4, 0.5) is 5.69 Å². The summed E-state index contributed by atoms with van der Waals surface area (Å²) in [5.74, 6) is 0.735. The maximum absolute atomic E-state index is 11.0. The van der Waals surface area contributed by atoms with Gasteiger partial charge in [-0.3, -0.25) is 10.1 Å². The fraction of sp³-hybridized carbons (Fsp3) is 0.0625. The highest BCUT2D eigenvalue weighted by molar-refractivity contribution is 6.30. The maximum atomic E-state index is 11.0. The Bertz CT molecular complexity index is 833. The van der Waals surface area contributed by atoms with Gasteiger partial charge in [-0.25, -0.2) is 0 Å². The molecular weight excluding hydrogens is 320 g/mol. The van der Waals surface area contributed by atoms with E-state index in [4.69, 9.17) is 20.9 Å². The smallest absolute Gasteiger partial charge is 0.312 e. The van der Waals surface area contributed by atoms with Gasteiger partial charge in [0.05, 0.1) is 4.92 Å². The average Bonchev–Trinajstić information content (AvgIpc) is 3.03. The molecule has 3 aromatic rings. The highest BCUT2D eigenvalue weighted by atomic mass is 35.5. The third kappa shape index (κ3) is 3.49. The number of hydrogen-bond acceptors (Lipinski definition) is 5. The Morgan fingerprint density at radius 1 is 1.17 bits per heavy atom. The molecule has 0 saturated carbocycles. The van der Waals surface area contributed by atoms with E-state index in [1.165, 1.54) is 18.2 Å². The third-order valence-electron chi connectivity index (χ3n) is 3.11. The molecule has 0 aliphatic carbocycles. The molecule has 23 heavy (non-hydrogen) atoms. The van der Waals surface area contributed by atoms with Crippen molar-refractivity contribution in [3.8, 4) is 17.1 Å². The van der Waals surface area contributed by atoms with E-state index < -0.39 is 4.92 Å². The molecule has 0 bridgehead atoms. The number of hydrogen-bond donors (Lipinski definition) is 0. The summed E-state index contributed by atoms with van der Waals surface area (Å²) in [4.78, 5) is 10.5. The molecule has 0 aliphatic rings.